The van der Waals surface area contributed by atoms with E-state index in [1.54, 1.807) is 30.3 Å². The van der Waals surface area contributed by atoms with E-state index in [2.05, 4.69) is 37.6 Å². The molecular formula is C22H25BrFN3O2S. The first-order valence-corrected chi connectivity index (χ1v) is 12.5. The van der Waals surface area contributed by atoms with Crippen molar-refractivity contribution in [1.82, 2.24) is 14.8 Å². The maximum Gasteiger partial charge on any atom is 0.183 e. The lowest BCUT2D eigenvalue weighted by Crippen LogP contribution is -2.45. The molecule has 1 aliphatic heterocycles. The summed E-state index contributed by atoms with van der Waals surface area (Å²) in [4.78, 5) is 8.23. The lowest BCUT2D eigenvalue weighted by atomic mass is 10.1. The van der Waals surface area contributed by atoms with Crippen LogP contribution in [-0.2, 0) is 22.1 Å². The number of nitrogens with zero attached hydrogens (tertiary/aromatic N) is 2. The molecule has 160 valence electrons. The van der Waals surface area contributed by atoms with E-state index in [1.807, 2.05) is 0 Å². The SMILES string of the molecule is CCN1CCN(Cc2c(CS(=O)(=O)c3ccc(Br)cc3)[nH]c3ccc(F)cc23)CC1. The first-order chi connectivity index (χ1) is 14.4. The van der Waals surface area contributed by atoms with Crippen molar-refractivity contribution >= 4 is 36.7 Å². The number of sulfone groups is 1. The standard InChI is InChI=1S/C22H25BrFN3O2S/c1-2-26-9-11-27(12-10-26)14-20-19-13-17(24)5-8-21(19)25-22(20)15-30(28,29)18-6-3-16(23)4-7-18/h3-8,13,25H,2,9-12,14-15H2,1H3. The van der Waals surface area contributed by atoms with Gasteiger partial charge in [-0.15, -0.1) is 0 Å². The molecule has 4 rings (SSSR count). The van der Waals surface area contributed by atoms with E-state index in [0.717, 1.165) is 53.7 Å². The number of hydrogen-bond donors (Lipinski definition) is 1. The highest BCUT2D eigenvalue weighted by molar-refractivity contribution is 9.10. The zero-order valence-electron chi connectivity index (χ0n) is 16.9. The van der Waals surface area contributed by atoms with Crippen LogP contribution < -0.4 is 0 Å². The molecule has 0 unspecified atom stereocenters. The fourth-order valence-electron chi connectivity index (χ4n) is 3.98. The molecule has 1 saturated heterocycles. The van der Waals surface area contributed by atoms with Crippen molar-refractivity contribution < 1.29 is 12.8 Å². The maximum atomic E-state index is 14.0. The molecule has 0 saturated carbocycles. The molecular weight excluding hydrogens is 469 g/mol. The number of likely N-dealkylation sites (N-methyl/N-ethyl adjacent to an activating group) is 1. The molecule has 1 fully saturated rings. The Labute approximate surface area is 184 Å². The van der Waals surface area contributed by atoms with E-state index in [4.69, 9.17) is 0 Å². The van der Waals surface area contributed by atoms with Crippen molar-refractivity contribution in [2.45, 2.75) is 24.1 Å². The maximum absolute atomic E-state index is 14.0. The highest BCUT2D eigenvalue weighted by atomic mass is 79.9. The number of hydrogen-bond acceptors (Lipinski definition) is 4. The van der Waals surface area contributed by atoms with Gasteiger partial charge in [-0.3, -0.25) is 4.90 Å². The summed E-state index contributed by atoms with van der Waals surface area (Å²) in [5.41, 5.74) is 2.27. The van der Waals surface area contributed by atoms with Gasteiger partial charge in [-0.05, 0) is 54.6 Å². The normalized spacial score (nSPS) is 16.4. The van der Waals surface area contributed by atoms with Crippen molar-refractivity contribution in [3.8, 4) is 0 Å². The summed E-state index contributed by atoms with van der Waals surface area (Å²) in [6, 6.07) is 11.2. The lowest BCUT2D eigenvalue weighted by Gasteiger charge is -2.34. The highest BCUT2D eigenvalue weighted by Crippen LogP contribution is 2.28. The van der Waals surface area contributed by atoms with Crippen LogP contribution in [0, 0.1) is 5.82 Å². The number of fused-ring (bicyclic) bond motifs is 1. The van der Waals surface area contributed by atoms with Crippen molar-refractivity contribution in [2.75, 3.05) is 32.7 Å². The fraction of sp³-hybridized carbons (Fsp3) is 0.364. The molecule has 1 N–H and O–H groups in total. The van der Waals surface area contributed by atoms with Crippen LogP contribution in [0.3, 0.4) is 0 Å². The number of aromatic nitrogens is 1. The predicted octanol–water partition coefficient (Wildman–Crippen LogP) is 4.18. The molecule has 0 bridgehead atoms. The molecule has 0 atom stereocenters. The number of rotatable bonds is 6. The van der Waals surface area contributed by atoms with Crippen LogP contribution in [0.25, 0.3) is 10.9 Å². The second kappa shape index (κ2) is 8.78. The van der Waals surface area contributed by atoms with Gasteiger partial charge in [0.1, 0.15) is 5.82 Å². The first kappa shape index (κ1) is 21.5. The number of nitrogens with one attached hydrogen (secondary N) is 1. The molecule has 1 aromatic heterocycles. The average Bonchev–Trinajstić information content (AvgIpc) is 3.04. The third-order valence-corrected chi connectivity index (χ3v) is 7.95. The fourth-order valence-corrected chi connectivity index (χ4v) is 5.59. The van der Waals surface area contributed by atoms with Crippen LogP contribution in [0.15, 0.2) is 51.8 Å². The van der Waals surface area contributed by atoms with Gasteiger partial charge < -0.3 is 9.88 Å². The zero-order chi connectivity index (χ0) is 21.3. The molecule has 5 nitrogen and oxygen atoms in total. The highest BCUT2D eigenvalue weighted by Gasteiger charge is 2.23. The Morgan fingerprint density at radius 1 is 1.03 bits per heavy atom. The first-order valence-electron chi connectivity index (χ1n) is 10.1. The third kappa shape index (κ3) is 4.61. The largest absolute Gasteiger partial charge is 0.357 e. The van der Waals surface area contributed by atoms with E-state index in [9.17, 15) is 12.8 Å². The van der Waals surface area contributed by atoms with Gasteiger partial charge >= 0.3 is 0 Å². The monoisotopic (exact) mass is 493 g/mol. The van der Waals surface area contributed by atoms with E-state index in [1.165, 1.54) is 12.1 Å². The number of H-pyrrole nitrogens is 1. The van der Waals surface area contributed by atoms with Crippen LogP contribution in [0.2, 0.25) is 0 Å². The molecule has 0 spiro atoms. The molecule has 8 heteroatoms. The van der Waals surface area contributed by atoms with Crippen LogP contribution >= 0.6 is 15.9 Å². The number of aromatic amines is 1. The summed E-state index contributed by atoms with van der Waals surface area (Å²) >= 11 is 3.34. The van der Waals surface area contributed by atoms with Gasteiger partial charge in [0.2, 0.25) is 0 Å². The molecule has 3 aromatic rings. The van der Waals surface area contributed by atoms with Gasteiger partial charge in [0.25, 0.3) is 0 Å². The molecule has 2 aromatic carbocycles. The van der Waals surface area contributed by atoms with Crippen LogP contribution in [0.4, 0.5) is 4.39 Å². The Bertz CT molecular complexity index is 1140. The molecule has 1 aliphatic rings. The Morgan fingerprint density at radius 3 is 2.37 bits per heavy atom. The van der Waals surface area contributed by atoms with Gasteiger partial charge in [-0.2, -0.15) is 0 Å². The minimum absolute atomic E-state index is 0.144. The summed E-state index contributed by atoms with van der Waals surface area (Å²) < 4.78 is 40.9. The van der Waals surface area contributed by atoms with Gasteiger partial charge in [0.05, 0.1) is 10.6 Å². The number of piperazine rings is 1. The van der Waals surface area contributed by atoms with Gasteiger partial charge in [0.15, 0.2) is 9.84 Å². The lowest BCUT2D eigenvalue weighted by molar-refractivity contribution is 0.132. The second-order valence-corrected chi connectivity index (χ2v) is 10.6. The van der Waals surface area contributed by atoms with Crippen LogP contribution in [0.1, 0.15) is 18.2 Å². The Balaban J connectivity index is 1.67. The van der Waals surface area contributed by atoms with E-state index in [0.29, 0.717) is 12.2 Å². The predicted molar refractivity (Wildman–Crippen MR) is 121 cm³/mol. The summed E-state index contributed by atoms with van der Waals surface area (Å²) in [5.74, 6) is -0.462. The quantitative estimate of drug-likeness (QED) is 0.559. The second-order valence-electron chi connectivity index (χ2n) is 7.70. The Kier molecular flexibility index (Phi) is 6.29. The molecule has 0 radical (unpaired) electrons. The van der Waals surface area contributed by atoms with Crippen molar-refractivity contribution in [3.63, 3.8) is 0 Å². The zero-order valence-corrected chi connectivity index (χ0v) is 19.3. The molecule has 0 amide bonds. The van der Waals surface area contributed by atoms with Crippen molar-refractivity contribution in [1.29, 1.82) is 0 Å². The Hall–Kier alpha value is -1.74. The number of halogens is 2. The van der Waals surface area contributed by atoms with E-state index >= 15 is 0 Å². The Morgan fingerprint density at radius 2 is 1.70 bits per heavy atom. The smallest absolute Gasteiger partial charge is 0.183 e. The van der Waals surface area contributed by atoms with Crippen molar-refractivity contribution in [2.24, 2.45) is 0 Å². The molecule has 2 heterocycles. The van der Waals surface area contributed by atoms with Gasteiger partial charge in [-0.25, -0.2) is 12.8 Å². The van der Waals surface area contributed by atoms with E-state index in [-0.39, 0.29) is 16.5 Å². The topological polar surface area (TPSA) is 56.4 Å². The minimum atomic E-state index is -3.54. The van der Waals surface area contributed by atoms with E-state index < -0.39 is 9.84 Å². The van der Waals surface area contributed by atoms with Gasteiger partial charge in [0, 0.05) is 53.8 Å². The minimum Gasteiger partial charge on any atom is -0.357 e. The van der Waals surface area contributed by atoms with Crippen molar-refractivity contribution in [3.05, 3.63) is 64.0 Å². The summed E-state index contributed by atoms with van der Waals surface area (Å²) in [6.07, 6.45) is 0. The van der Waals surface area contributed by atoms with Crippen LogP contribution in [0.5, 0.6) is 0 Å². The third-order valence-electron chi connectivity index (χ3n) is 5.76. The molecule has 30 heavy (non-hydrogen) atoms. The summed E-state index contributed by atoms with van der Waals surface area (Å²) in [5, 5.41) is 0.758. The van der Waals surface area contributed by atoms with Crippen LogP contribution in [-0.4, -0.2) is 55.9 Å². The van der Waals surface area contributed by atoms with Gasteiger partial charge in [-0.1, -0.05) is 22.9 Å². The summed E-state index contributed by atoms with van der Waals surface area (Å²) in [6.45, 7) is 7.58. The molecule has 0 aliphatic carbocycles. The summed E-state index contributed by atoms with van der Waals surface area (Å²) in [7, 11) is -3.54. The number of benzene rings is 2. The average molecular weight is 494 g/mol.